The summed E-state index contributed by atoms with van der Waals surface area (Å²) in [6.45, 7) is 1.70. The molecule has 1 aliphatic heterocycles. The Bertz CT molecular complexity index is 731. The molecular weight excluding hydrogens is 314 g/mol. The van der Waals surface area contributed by atoms with E-state index in [-0.39, 0.29) is 6.04 Å². The summed E-state index contributed by atoms with van der Waals surface area (Å²) >= 11 is 0. The molecule has 4 rings (SSSR count). The molecule has 1 aromatic carbocycles. The first-order chi connectivity index (χ1) is 12.3. The van der Waals surface area contributed by atoms with Gasteiger partial charge in [-0.05, 0) is 37.1 Å². The number of aliphatic imine (C=N–C) groups is 1. The summed E-state index contributed by atoms with van der Waals surface area (Å²) in [5.41, 5.74) is 3.26. The third kappa shape index (κ3) is 3.39. The van der Waals surface area contributed by atoms with Crippen LogP contribution in [0, 0.1) is 0 Å². The monoisotopic (exact) mass is 339 g/mol. The summed E-state index contributed by atoms with van der Waals surface area (Å²) in [6, 6.07) is 8.67. The molecule has 2 aromatic rings. The van der Waals surface area contributed by atoms with Crippen molar-refractivity contribution in [1.29, 1.82) is 0 Å². The topological polar surface area (TPSA) is 74.3 Å². The Morgan fingerprint density at radius 1 is 1.16 bits per heavy atom. The number of nitrogens with zero attached hydrogens (tertiary/aromatic N) is 2. The van der Waals surface area contributed by atoms with E-state index >= 15 is 0 Å². The number of ether oxygens (including phenoxy) is 1. The van der Waals surface area contributed by atoms with Gasteiger partial charge in [0.25, 0.3) is 0 Å². The van der Waals surface area contributed by atoms with Gasteiger partial charge in [0.05, 0.1) is 31.6 Å². The van der Waals surface area contributed by atoms with Gasteiger partial charge in [-0.15, -0.1) is 0 Å². The smallest absolute Gasteiger partial charge is 0.119 e. The molecule has 2 heterocycles. The highest BCUT2D eigenvalue weighted by molar-refractivity contribution is 5.91. The van der Waals surface area contributed by atoms with Crippen molar-refractivity contribution in [3.8, 4) is 17.0 Å². The van der Waals surface area contributed by atoms with Crippen LogP contribution in [0.25, 0.3) is 11.3 Å². The van der Waals surface area contributed by atoms with E-state index in [9.17, 15) is 0 Å². The van der Waals surface area contributed by atoms with Crippen molar-refractivity contribution >= 4 is 5.84 Å². The molecular formula is C19H25N5O. The van der Waals surface area contributed by atoms with Crippen molar-refractivity contribution in [2.45, 2.75) is 37.8 Å². The van der Waals surface area contributed by atoms with Crippen LogP contribution in [0.3, 0.4) is 0 Å². The van der Waals surface area contributed by atoms with Crippen LogP contribution in [0.4, 0.5) is 0 Å². The van der Waals surface area contributed by atoms with Crippen molar-refractivity contribution < 1.29 is 4.74 Å². The lowest BCUT2D eigenvalue weighted by Crippen LogP contribution is -2.45. The van der Waals surface area contributed by atoms with Crippen molar-refractivity contribution in [2.24, 2.45) is 4.99 Å². The van der Waals surface area contributed by atoms with Gasteiger partial charge in [0.1, 0.15) is 11.6 Å². The van der Waals surface area contributed by atoms with Crippen LogP contribution >= 0.6 is 0 Å². The Hall–Kier alpha value is -2.34. The minimum Gasteiger partial charge on any atom is -0.497 e. The average molecular weight is 339 g/mol. The summed E-state index contributed by atoms with van der Waals surface area (Å²) in [4.78, 5) is 4.77. The van der Waals surface area contributed by atoms with Crippen molar-refractivity contribution in [1.82, 2.24) is 20.8 Å². The molecule has 1 fully saturated rings. The van der Waals surface area contributed by atoms with Crippen LogP contribution in [0.2, 0.25) is 0 Å². The second-order valence-corrected chi connectivity index (χ2v) is 6.71. The molecule has 6 nitrogen and oxygen atoms in total. The Morgan fingerprint density at radius 3 is 2.72 bits per heavy atom. The minimum absolute atomic E-state index is 0.0604. The molecule has 6 heteroatoms. The first-order valence-electron chi connectivity index (χ1n) is 9.07. The van der Waals surface area contributed by atoms with Gasteiger partial charge in [0, 0.05) is 23.7 Å². The van der Waals surface area contributed by atoms with E-state index in [0.717, 1.165) is 41.5 Å². The third-order valence-corrected chi connectivity index (χ3v) is 5.08. The van der Waals surface area contributed by atoms with E-state index in [0.29, 0.717) is 6.04 Å². The maximum Gasteiger partial charge on any atom is 0.119 e. The van der Waals surface area contributed by atoms with E-state index in [1.165, 1.54) is 25.7 Å². The molecule has 0 amide bonds. The normalized spacial score (nSPS) is 21.2. The maximum absolute atomic E-state index is 5.26. The zero-order valence-electron chi connectivity index (χ0n) is 14.6. The highest BCUT2D eigenvalue weighted by atomic mass is 16.5. The predicted octanol–water partition coefficient (Wildman–Crippen LogP) is 2.66. The minimum atomic E-state index is 0.0604. The molecule has 1 aromatic heterocycles. The van der Waals surface area contributed by atoms with E-state index in [4.69, 9.17) is 9.73 Å². The van der Waals surface area contributed by atoms with Gasteiger partial charge in [0.15, 0.2) is 0 Å². The van der Waals surface area contributed by atoms with E-state index in [1.807, 2.05) is 18.3 Å². The van der Waals surface area contributed by atoms with Gasteiger partial charge in [0.2, 0.25) is 0 Å². The van der Waals surface area contributed by atoms with Crippen LogP contribution < -0.4 is 15.4 Å². The number of hydrogen-bond donors (Lipinski definition) is 3. The number of aromatic amines is 1. The largest absolute Gasteiger partial charge is 0.497 e. The molecule has 1 saturated carbocycles. The molecule has 132 valence electrons. The molecule has 25 heavy (non-hydrogen) atoms. The SMILES string of the molecule is COc1ccc(-c2[nH]ncc2C2NCCN=C2NC2CCCC2)cc1. The highest BCUT2D eigenvalue weighted by Gasteiger charge is 2.27. The predicted molar refractivity (Wildman–Crippen MR) is 99.0 cm³/mol. The number of H-pyrrole nitrogens is 1. The lowest BCUT2D eigenvalue weighted by atomic mass is 10.00. The van der Waals surface area contributed by atoms with Crippen LogP contribution in [-0.4, -0.2) is 42.3 Å². The van der Waals surface area contributed by atoms with Gasteiger partial charge in [-0.1, -0.05) is 12.8 Å². The molecule has 1 atom stereocenters. The number of benzene rings is 1. The summed E-state index contributed by atoms with van der Waals surface area (Å²) in [7, 11) is 1.68. The fourth-order valence-electron chi connectivity index (χ4n) is 3.74. The number of nitrogens with one attached hydrogen (secondary N) is 3. The Balaban J connectivity index is 1.60. The third-order valence-electron chi connectivity index (χ3n) is 5.08. The lowest BCUT2D eigenvalue weighted by molar-refractivity contribution is 0.415. The number of aromatic nitrogens is 2. The Labute approximate surface area is 148 Å². The fourth-order valence-corrected chi connectivity index (χ4v) is 3.74. The summed E-state index contributed by atoms with van der Waals surface area (Å²) in [5.74, 6) is 1.90. The molecule has 0 spiro atoms. The second kappa shape index (κ2) is 7.27. The van der Waals surface area contributed by atoms with Crippen molar-refractivity contribution in [3.63, 3.8) is 0 Å². The van der Waals surface area contributed by atoms with Gasteiger partial charge in [-0.3, -0.25) is 10.1 Å². The van der Waals surface area contributed by atoms with Gasteiger partial charge >= 0.3 is 0 Å². The van der Waals surface area contributed by atoms with Crippen molar-refractivity contribution in [3.05, 3.63) is 36.0 Å². The van der Waals surface area contributed by atoms with Gasteiger partial charge in [-0.2, -0.15) is 5.10 Å². The fraction of sp³-hybridized carbons (Fsp3) is 0.474. The number of rotatable bonds is 4. The van der Waals surface area contributed by atoms with Gasteiger partial charge in [-0.25, -0.2) is 0 Å². The van der Waals surface area contributed by atoms with E-state index in [1.54, 1.807) is 7.11 Å². The second-order valence-electron chi connectivity index (χ2n) is 6.71. The molecule has 0 radical (unpaired) electrons. The quantitative estimate of drug-likeness (QED) is 0.801. The standard InChI is InChI=1S/C19H25N5O/c1-25-15-8-6-13(7-9-15)17-16(12-22-24-17)18-19(21-11-10-20-18)23-14-4-2-3-5-14/h6-9,12,14,18,20H,2-5,10-11H2,1H3,(H,21,23)(H,22,24). The van der Waals surface area contributed by atoms with Crippen LogP contribution in [0.15, 0.2) is 35.5 Å². The first kappa shape index (κ1) is 16.1. The van der Waals surface area contributed by atoms with Crippen LogP contribution in [0.1, 0.15) is 37.3 Å². The highest BCUT2D eigenvalue weighted by Crippen LogP contribution is 2.29. The zero-order chi connectivity index (χ0) is 17.1. The molecule has 2 aliphatic rings. The molecule has 3 N–H and O–H groups in total. The molecule has 1 aliphatic carbocycles. The number of methoxy groups -OCH3 is 1. The summed E-state index contributed by atoms with van der Waals surface area (Å²) < 4.78 is 5.26. The Kier molecular flexibility index (Phi) is 4.70. The number of hydrogen-bond acceptors (Lipinski definition) is 5. The van der Waals surface area contributed by atoms with Crippen molar-refractivity contribution in [2.75, 3.05) is 20.2 Å². The average Bonchev–Trinajstić information content (AvgIpc) is 3.34. The Morgan fingerprint density at radius 2 is 1.96 bits per heavy atom. The van der Waals surface area contributed by atoms with Crippen LogP contribution in [-0.2, 0) is 0 Å². The maximum atomic E-state index is 5.26. The molecule has 1 unspecified atom stereocenters. The number of amidine groups is 1. The van der Waals surface area contributed by atoms with E-state index in [2.05, 4.69) is 33.0 Å². The molecule has 0 saturated heterocycles. The summed E-state index contributed by atoms with van der Waals surface area (Å²) in [5, 5.41) is 14.7. The summed E-state index contributed by atoms with van der Waals surface area (Å²) in [6.07, 6.45) is 7.01. The lowest BCUT2D eigenvalue weighted by Gasteiger charge is -2.28. The van der Waals surface area contributed by atoms with Gasteiger partial charge < -0.3 is 15.4 Å². The van der Waals surface area contributed by atoms with Crippen LogP contribution in [0.5, 0.6) is 5.75 Å². The molecule has 0 bridgehead atoms. The first-order valence-corrected chi connectivity index (χ1v) is 9.07. The zero-order valence-corrected chi connectivity index (χ0v) is 14.6. The van der Waals surface area contributed by atoms with E-state index < -0.39 is 0 Å².